The smallest absolute Gasteiger partial charge is 0.331 e. The van der Waals surface area contributed by atoms with Crippen molar-refractivity contribution in [3.8, 4) is 0 Å². The van der Waals surface area contributed by atoms with Gasteiger partial charge in [-0.2, -0.15) is 5.10 Å². The largest absolute Gasteiger partial charge is 0.458 e. The molecule has 3 aromatic rings. The maximum atomic E-state index is 14.6. The third-order valence-corrected chi connectivity index (χ3v) is 7.66. The summed E-state index contributed by atoms with van der Waals surface area (Å²) in [6, 6.07) is 17.5. The topological polar surface area (TPSA) is 119 Å². The SMILES string of the molecule is CC(C)(C)OC(=O)[C@@H]1[C@@H](c2cccc([N+](=O)[O-])c2)C2(C(=O)c3ccccc3C2=O)[C@@H]2c3ccccc3C=NN12. The Morgan fingerprint density at radius 3 is 2.26 bits per heavy atom. The van der Waals surface area contributed by atoms with Crippen LogP contribution in [0.3, 0.4) is 0 Å². The second kappa shape index (κ2) is 8.42. The van der Waals surface area contributed by atoms with Crippen LogP contribution in [0, 0.1) is 15.5 Å². The van der Waals surface area contributed by atoms with E-state index in [9.17, 15) is 24.5 Å². The van der Waals surface area contributed by atoms with Crippen molar-refractivity contribution >= 4 is 29.4 Å². The molecule has 0 aromatic heterocycles. The van der Waals surface area contributed by atoms with Gasteiger partial charge in [0.1, 0.15) is 11.0 Å². The number of esters is 1. The van der Waals surface area contributed by atoms with Crippen molar-refractivity contribution in [3.63, 3.8) is 0 Å². The number of carbonyl (C=O) groups is 3. The van der Waals surface area contributed by atoms with Gasteiger partial charge in [0.15, 0.2) is 17.6 Å². The number of fused-ring (bicyclic) bond motifs is 5. The lowest BCUT2D eigenvalue weighted by atomic mass is 9.63. The van der Waals surface area contributed by atoms with E-state index in [1.807, 2.05) is 24.3 Å². The molecule has 1 saturated heterocycles. The number of nitrogens with zero attached hydrogens (tertiary/aromatic N) is 3. The molecule has 2 heterocycles. The molecule has 0 radical (unpaired) electrons. The molecule has 0 saturated carbocycles. The van der Waals surface area contributed by atoms with Gasteiger partial charge in [-0.3, -0.25) is 24.7 Å². The summed E-state index contributed by atoms with van der Waals surface area (Å²) in [5.41, 5.74) is -0.676. The van der Waals surface area contributed by atoms with E-state index in [1.165, 1.54) is 23.2 Å². The first-order valence-electron chi connectivity index (χ1n) is 12.6. The van der Waals surface area contributed by atoms with Crippen molar-refractivity contribution in [2.45, 2.75) is 44.4 Å². The fourth-order valence-corrected chi connectivity index (χ4v) is 6.32. The summed E-state index contributed by atoms with van der Waals surface area (Å²) in [6.07, 6.45) is 1.60. The number of nitro benzene ring substituents is 1. The normalized spacial score (nSPS) is 22.4. The van der Waals surface area contributed by atoms with Crippen LogP contribution in [0.5, 0.6) is 0 Å². The number of nitro groups is 1. The van der Waals surface area contributed by atoms with Gasteiger partial charge in [0.25, 0.3) is 5.69 Å². The van der Waals surface area contributed by atoms with Crippen LogP contribution in [-0.2, 0) is 9.53 Å². The average Bonchev–Trinajstić information content (AvgIpc) is 3.34. The Hall–Kier alpha value is -4.66. The zero-order valence-corrected chi connectivity index (χ0v) is 21.5. The first-order valence-corrected chi connectivity index (χ1v) is 12.6. The average molecular weight is 524 g/mol. The summed E-state index contributed by atoms with van der Waals surface area (Å²) in [5.74, 6) is -2.66. The quantitative estimate of drug-likeness (QED) is 0.208. The highest BCUT2D eigenvalue weighted by Gasteiger charge is 2.73. The second-order valence-corrected chi connectivity index (χ2v) is 11.0. The number of Topliss-reactive ketones (excluding diaryl/α,β-unsaturated/α-hetero) is 2. The molecule has 0 N–H and O–H groups in total. The number of ether oxygens (including phenoxy) is 1. The molecule has 1 spiro atoms. The molecule has 0 unspecified atom stereocenters. The van der Waals surface area contributed by atoms with Gasteiger partial charge in [-0.25, -0.2) is 4.79 Å². The molecule has 3 atom stereocenters. The molecule has 1 aliphatic carbocycles. The molecule has 0 bridgehead atoms. The van der Waals surface area contributed by atoms with Gasteiger partial charge in [0.05, 0.1) is 17.2 Å². The molecule has 0 amide bonds. The molecule has 1 fully saturated rings. The summed E-state index contributed by atoms with van der Waals surface area (Å²) >= 11 is 0. The lowest BCUT2D eigenvalue weighted by Gasteiger charge is -2.36. The molecule has 6 rings (SSSR count). The van der Waals surface area contributed by atoms with Crippen LogP contribution >= 0.6 is 0 Å². The standard InChI is InChI=1S/C30H25N3O6/c1-29(2,3)39-28(36)24-23(17-10-8-11-19(15-17)33(37)38)30(26(34)21-13-6-7-14-22(21)27(30)35)25-20-12-5-4-9-18(20)16-31-32(24)25/h4-16,23-25H,1-3H3/t23-,24+,25+/m1/s1. The Kier molecular flexibility index (Phi) is 5.33. The van der Waals surface area contributed by atoms with Crippen LogP contribution in [0.25, 0.3) is 0 Å². The van der Waals surface area contributed by atoms with E-state index in [0.29, 0.717) is 11.1 Å². The molecule has 196 valence electrons. The predicted octanol–water partition coefficient (Wildman–Crippen LogP) is 4.86. The number of carbonyl (C=O) groups excluding carboxylic acids is 3. The Morgan fingerprint density at radius 2 is 1.62 bits per heavy atom. The van der Waals surface area contributed by atoms with E-state index in [-0.39, 0.29) is 16.8 Å². The summed E-state index contributed by atoms with van der Waals surface area (Å²) in [4.78, 5) is 54.3. The summed E-state index contributed by atoms with van der Waals surface area (Å²) in [6.45, 7) is 5.18. The fourth-order valence-electron chi connectivity index (χ4n) is 6.32. The van der Waals surface area contributed by atoms with Crippen LogP contribution in [0.15, 0.2) is 77.9 Å². The number of non-ortho nitro benzene ring substituents is 1. The monoisotopic (exact) mass is 523 g/mol. The molecular formula is C30H25N3O6. The zero-order chi connectivity index (χ0) is 27.7. The first kappa shape index (κ1) is 24.7. The number of benzene rings is 3. The minimum Gasteiger partial charge on any atom is -0.458 e. The molecule has 9 heteroatoms. The van der Waals surface area contributed by atoms with E-state index in [1.54, 1.807) is 57.3 Å². The minimum atomic E-state index is -1.81. The van der Waals surface area contributed by atoms with Crippen molar-refractivity contribution in [2.75, 3.05) is 0 Å². The van der Waals surface area contributed by atoms with Gasteiger partial charge < -0.3 is 4.74 Å². The molecule has 9 nitrogen and oxygen atoms in total. The third kappa shape index (κ3) is 3.46. The van der Waals surface area contributed by atoms with Crippen molar-refractivity contribution in [1.82, 2.24) is 5.01 Å². The number of hydrogen-bond acceptors (Lipinski definition) is 8. The van der Waals surface area contributed by atoms with Crippen molar-refractivity contribution in [3.05, 3.63) is 111 Å². The number of hydrogen-bond donors (Lipinski definition) is 0. The highest BCUT2D eigenvalue weighted by molar-refractivity contribution is 6.31. The predicted molar refractivity (Wildman–Crippen MR) is 142 cm³/mol. The third-order valence-electron chi connectivity index (χ3n) is 7.66. The van der Waals surface area contributed by atoms with Crippen LogP contribution in [-0.4, -0.2) is 45.3 Å². The molecule has 2 aliphatic heterocycles. The van der Waals surface area contributed by atoms with Gasteiger partial charge in [-0.1, -0.05) is 60.7 Å². The van der Waals surface area contributed by atoms with Crippen LogP contribution in [0.2, 0.25) is 0 Å². The Bertz CT molecular complexity index is 1570. The first-order chi connectivity index (χ1) is 18.6. The molecule has 39 heavy (non-hydrogen) atoms. The van der Waals surface area contributed by atoms with Crippen LogP contribution in [0.1, 0.15) is 70.1 Å². The summed E-state index contributed by atoms with van der Waals surface area (Å²) in [5, 5.41) is 17.9. The molecular weight excluding hydrogens is 498 g/mol. The number of hydrazone groups is 1. The maximum absolute atomic E-state index is 14.6. The van der Waals surface area contributed by atoms with Gasteiger partial charge in [0.2, 0.25) is 0 Å². The Morgan fingerprint density at radius 1 is 0.974 bits per heavy atom. The maximum Gasteiger partial charge on any atom is 0.331 e. The van der Waals surface area contributed by atoms with Gasteiger partial charge in [-0.05, 0) is 37.5 Å². The van der Waals surface area contributed by atoms with E-state index in [4.69, 9.17) is 4.74 Å². The van der Waals surface area contributed by atoms with Crippen molar-refractivity contribution < 1.29 is 24.0 Å². The van der Waals surface area contributed by atoms with Gasteiger partial charge >= 0.3 is 5.97 Å². The number of rotatable bonds is 3. The Balaban J connectivity index is 1.69. The van der Waals surface area contributed by atoms with E-state index < -0.39 is 51.5 Å². The van der Waals surface area contributed by atoms with Gasteiger partial charge in [-0.15, -0.1) is 0 Å². The summed E-state index contributed by atoms with van der Waals surface area (Å²) in [7, 11) is 0. The number of ketones is 2. The Labute approximate surface area is 224 Å². The highest BCUT2D eigenvalue weighted by Crippen LogP contribution is 2.64. The lowest BCUT2D eigenvalue weighted by Crippen LogP contribution is -2.44. The van der Waals surface area contributed by atoms with E-state index in [0.717, 1.165) is 5.56 Å². The molecule has 3 aromatic carbocycles. The highest BCUT2D eigenvalue weighted by atomic mass is 16.6. The van der Waals surface area contributed by atoms with Crippen LogP contribution in [0.4, 0.5) is 5.69 Å². The van der Waals surface area contributed by atoms with Crippen molar-refractivity contribution in [1.29, 1.82) is 0 Å². The van der Waals surface area contributed by atoms with E-state index >= 15 is 0 Å². The van der Waals surface area contributed by atoms with E-state index in [2.05, 4.69) is 5.10 Å². The minimum absolute atomic E-state index is 0.213. The second-order valence-electron chi connectivity index (χ2n) is 11.0. The summed E-state index contributed by atoms with van der Waals surface area (Å²) < 4.78 is 5.83. The van der Waals surface area contributed by atoms with Crippen LogP contribution < -0.4 is 0 Å². The lowest BCUT2D eigenvalue weighted by molar-refractivity contribution is -0.384. The zero-order valence-electron chi connectivity index (χ0n) is 21.5. The molecule has 3 aliphatic rings. The fraction of sp³-hybridized carbons (Fsp3) is 0.267. The van der Waals surface area contributed by atoms with Gasteiger partial charge in [0, 0.05) is 29.2 Å². The van der Waals surface area contributed by atoms with Crippen molar-refractivity contribution in [2.24, 2.45) is 10.5 Å².